The average molecular weight is 843 g/mol. The topological polar surface area (TPSA) is 107 Å². The van der Waals surface area contributed by atoms with Crippen LogP contribution in [0, 0.1) is 17.5 Å². The van der Waals surface area contributed by atoms with Gasteiger partial charge in [-0.1, -0.05) is 57.6 Å². The first-order valence-corrected chi connectivity index (χ1v) is 17.4. The Balaban J connectivity index is 0.000000213. The Morgan fingerprint density at radius 3 is 2.24 bits per heavy atom. The number of aliphatic hydroxyl groups excluding tert-OH is 1. The van der Waals surface area contributed by atoms with Crippen molar-refractivity contribution in [3.8, 4) is 22.6 Å². The van der Waals surface area contributed by atoms with E-state index in [0.29, 0.717) is 32.3 Å². The van der Waals surface area contributed by atoms with E-state index in [-0.39, 0.29) is 45.2 Å². The molecule has 18 heteroatoms. The van der Waals surface area contributed by atoms with Crippen LogP contribution >= 0.6 is 46.4 Å². The Kier molecular flexibility index (Phi) is 13.6. The Bertz CT molecular complexity index is 2220. The Morgan fingerprint density at radius 2 is 1.64 bits per heavy atom. The molecule has 0 saturated heterocycles. The van der Waals surface area contributed by atoms with E-state index in [1.165, 1.54) is 57.0 Å². The third-order valence-corrected chi connectivity index (χ3v) is 9.19. The van der Waals surface area contributed by atoms with Crippen LogP contribution in [0.15, 0.2) is 83.8 Å². The number of benzene rings is 3. The largest absolute Gasteiger partial charge is 0.383 e. The van der Waals surface area contributed by atoms with Gasteiger partial charge in [0.25, 0.3) is 12.3 Å². The number of carbonyl (C=O) groups is 1. The number of amides is 1. The third kappa shape index (κ3) is 9.46. The van der Waals surface area contributed by atoms with Gasteiger partial charge < -0.3 is 9.63 Å². The monoisotopic (exact) mass is 841 g/mol. The van der Waals surface area contributed by atoms with Crippen molar-refractivity contribution >= 4 is 52.3 Å². The molecule has 3 aromatic heterocycles. The summed E-state index contributed by atoms with van der Waals surface area (Å²) in [7, 11) is 2.73. The van der Waals surface area contributed by atoms with Crippen LogP contribution in [0.4, 0.5) is 22.0 Å². The van der Waals surface area contributed by atoms with Crippen LogP contribution in [0.2, 0.25) is 20.1 Å². The maximum Gasteiger partial charge on any atom is 0.282 e. The van der Waals surface area contributed by atoms with E-state index in [1.54, 1.807) is 19.1 Å². The predicted octanol–water partition coefficient (Wildman–Crippen LogP) is 10.5. The van der Waals surface area contributed by atoms with Crippen molar-refractivity contribution in [3.63, 3.8) is 0 Å². The van der Waals surface area contributed by atoms with Gasteiger partial charge in [-0.25, -0.2) is 27.0 Å². The van der Waals surface area contributed by atoms with Crippen LogP contribution in [-0.4, -0.2) is 49.1 Å². The van der Waals surface area contributed by atoms with Gasteiger partial charge >= 0.3 is 0 Å². The summed E-state index contributed by atoms with van der Waals surface area (Å²) in [5, 5.41) is 20.7. The van der Waals surface area contributed by atoms with E-state index in [0.717, 1.165) is 27.9 Å². The Morgan fingerprint density at radius 1 is 0.964 bits per heavy atom. The smallest absolute Gasteiger partial charge is 0.282 e. The van der Waals surface area contributed by atoms with Crippen LogP contribution in [-0.2, 0) is 18.3 Å². The molecule has 3 aromatic carbocycles. The molecular formula is C37H28Cl4F5N5O4. The van der Waals surface area contributed by atoms with Crippen LogP contribution in [0.1, 0.15) is 52.2 Å². The van der Waals surface area contributed by atoms with Gasteiger partial charge in [-0.05, 0) is 67.4 Å². The zero-order valence-corrected chi connectivity index (χ0v) is 31.8. The van der Waals surface area contributed by atoms with E-state index in [2.05, 4.69) is 15.2 Å². The maximum absolute atomic E-state index is 14.5. The van der Waals surface area contributed by atoms with Gasteiger partial charge in [0.1, 0.15) is 34.9 Å². The summed E-state index contributed by atoms with van der Waals surface area (Å²) in [6.07, 6.45) is 0.141. The van der Waals surface area contributed by atoms with E-state index in [1.807, 2.05) is 0 Å². The minimum atomic E-state index is -2.88. The number of aliphatic hydroxyl groups is 1. The lowest BCUT2D eigenvalue weighted by molar-refractivity contribution is -0.119. The number of hydroxylamine groups is 2. The highest BCUT2D eigenvalue weighted by Crippen LogP contribution is 2.41. The maximum atomic E-state index is 14.5. The first kappa shape index (κ1) is 41.6. The number of carbonyl (C=O) groups excluding carboxylic acids is 1. The van der Waals surface area contributed by atoms with Crippen molar-refractivity contribution < 1.29 is 41.2 Å². The first-order chi connectivity index (χ1) is 26.1. The van der Waals surface area contributed by atoms with Gasteiger partial charge in [0.2, 0.25) is 0 Å². The second kappa shape index (κ2) is 17.9. The van der Waals surface area contributed by atoms with Crippen molar-refractivity contribution in [1.29, 1.82) is 0 Å². The van der Waals surface area contributed by atoms with Gasteiger partial charge in [-0.2, -0.15) is 5.10 Å². The van der Waals surface area contributed by atoms with Crippen molar-refractivity contribution in [2.45, 2.75) is 31.9 Å². The Labute approximate surface area is 330 Å². The fraction of sp³-hybridized carbons (Fsp3) is 0.189. The molecular weight excluding hydrogens is 815 g/mol. The second-order valence-electron chi connectivity index (χ2n) is 11.8. The standard InChI is InChI=1S/C21H12ClF3N2O2.C16H16Cl3F2N3O2/c22-12-3-5-14(16(24)8-12)19-18(20(28)11-2-1-7-26-10-11)21(29-27-19)15-6-4-13(23)9-17(15)25;1-8(4-10-12(18)5-9(17)6-13(10)19)24(26-3)16(25)11-7-23(2)22-14(11)15(20)21/h1-10,20,28H;5-8,15H,4H2,1-3H3. The molecule has 0 fully saturated rings. The van der Waals surface area contributed by atoms with Crippen molar-refractivity contribution in [3.05, 3.63) is 145 Å². The molecule has 9 nitrogen and oxygen atoms in total. The number of hydrogen-bond acceptors (Lipinski definition) is 7. The number of hydrogen-bond donors (Lipinski definition) is 1. The van der Waals surface area contributed by atoms with E-state index < -0.39 is 47.6 Å². The van der Waals surface area contributed by atoms with Gasteiger partial charge in [-0.15, -0.1) is 0 Å². The minimum absolute atomic E-state index is 0.00450. The molecule has 0 spiro atoms. The average Bonchev–Trinajstić information content (AvgIpc) is 3.74. The number of pyridine rings is 1. The Hall–Kier alpha value is -4.57. The third-order valence-electron chi connectivity index (χ3n) is 8.06. The second-order valence-corrected chi connectivity index (χ2v) is 13.5. The quantitative estimate of drug-likeness (QED) is 0.108. The molecule has 6 aromatic rings. The summed E-state index contributed by atoms with van der Waals surface area (Å²) in [5.41, 5.74) is -0.0458. The molecule has 0 bridgehead atoms. The van der Waals surface area contributed by atoms with Crippen LogP contribution in [0.3, 0.4) is 0 Å². The van der Waals surface area contributed by atoms with Crippen molar-refractivity contribution in [2.24, 2.45) is 7.05 Å². The van der Waals surface area contributed by atoms with Crippen LogP contribution in [0.25, 0.3) is 22.6 Å². The molecule has 2 unspecified atom stereocenters. The number of rotatable bonds is 10. The van der Waals surface area contributed by atoms with Crippen molar-refractivity contribution in [1.82, 2.24) is 25.0 Å². The lowest BCUT2D eigenvalue weighted by Crippen LogP contribution is -2.39. The molecule has 1 amide bonds. The molecule has 2 atom stereocenters. The summed E-state index contributed by atoms with van der Waals surface area (Å²) in [6, 6.07) is 12.5. The van der Waals surface area contributed by atoms with Crippen molar-refractivity contribution in [2.75, 3.05) is 7.11 Å². The lowest BCUT2D eigenvalue weighted by atomic mass is 9.94. The number of alkyl halides is 2. The molecule has 288 valence electrons. The number of nitrogens with zero attached hydrogens (tertiary/aromatic N) is 5. The molecule has 55 heavy (non-hydrogen) atoms. The molecule has 0 aliphatic rings. The molecule has 0 saturated carbocycles. The zero-order chi connectivity index (χ0) is 40.1. The lowest BCUT2D eigenvalue weighted by Gasteiger charge is -2.27. The zero-order valence-electron chi connectivity index (χ0n) is 28.8. The highest BCUT2D eigenvalue weighted by molar-refractivity contribution is 6.39. The highest BCUT2D eigenvalue weighted by Gasteiger charge is 2.31. The van der Waals surface area contributed by atoms with E-state index in [9.17, 15) is 31.9 Å². The molecule has 0 aliphatic carbocycles. The normalized spacial score (nSPS) is 12.3. The molecule has 0 aliphatic heterocycles. The molecule has 0 radical (unpaired) electrons. The first-order valence-electron chi connectivity index (χ1n) is 15.9. The van der Waals surface area contributed by atoms with Crippen LogP contribution in [0.5, 0.6) is 0 Å². The predicted molar refractivity (Wildman–Crippen MR) is 197 cm³/mol. The van der Waals surface area contributed by atoms with E-state index >= 15 is 0 Å². The molecule has 6 rings (SSSR count). The van der Waals surface area contributed by atoms with Gasteiger partial charge in [0.05, 0.1) is 29.8 Å². The van der Waals surface area contributed by atoms with Gasteiger partial charge in [0, 0.05) is 62.9 Å². The summed E-state index contributed by atoms with van der Waals surface area (Å²) < 4.78 is 75.0. The SMILES string of the molecule is CON(C(=O)c1cn(C)nc1C(F)F)C(C)Cc1c(Cl)cc(Cl)cc1Cl.OC(c1cccnc1)c1c(-c2ccc(Cl)cc2F)noc1-c1ccc(F)cc1F. The number of aryl methyl sites for hydroxylation is 1. The van der Waals surface area contributed by atoms with E-state index in [4.69, 9.17) is 55.8 Å². The summed E-state index contributed by atoms with van der Waals surface area (Å²) >= 11 is 24.0. The summed E-state index contributed by atoms with van der Waals surface area (Å²) in [6.45, 7) is 1.68. The molecule has 1 N–H and O–H groups in total. The summed E-state index contributed by atoms with van der Waals surface area (Å²) in [4.78, 5) is 21.8. The minimum Gasteiger partial charge on any atom is -0.383 e. The fourth-order valence-corrected chi connectivity index (χ4v) is 6.69. The highest BCUT2D eigenvalue weighted by atomic mass is 35.5. The molecule has 3 heterocycles. The number of aromatic nitrogens is 4. The number of halogens is 9. The van der Waals surface area contributed by atoms with Crippen LogP contribution < -0.4 is 0 Å². The van der Waals surface area contributed by atoms with Gasteiger partial charge in [-0.3, -0.25) is 19.3 Å². The fourth-order valence-electron chi connectivity index (χ4n) is 5.56. The summed E-state index contributed by atoms with van der Waals surface area (Å²) in [5.74, 6) is -3.27. The van der Waals surface area contributed by atoms with Gasteiger partial charge in [0.15, 0.2) is 5.76 Å².